The van der Waals surface area contributed by atoms with Crippen molar-refractivity contribution in [3.63, 3.8) is 0 Å². The Bertz CT molecular complexity index is 365. The number of hydrogen-bond acceptors (Lipinski definition) is 2. The van der Waals surface area contributed by atoms with Crippen molar-refractivity contribution in [2.45, 2.75) is 46.0 Å². The molecule has 0 saturated heterocycles. The Morgan fingerprint density at radius 2 is 1.74 bits per heavy atom. The maximum Gasteiger partial charge on any atom is 0.306 e. The van der Waals surface area contributed by atoms with Gasteiger partial charge in [0.05, 0.1) is 11.8 Å². The molecule has 0 heterocycles. The lowest BCUT2D eigenvalue weighted by atomic mass is 9.55. The van der Waals surface area contributed by atoms with Crippen LogP contribution in [0, 0.1) is 35.5 Å². The summed E-state index contributed by atoms with van der Waals surface area (Å²) >= 11 is 0. The second kappa shape index (κ2) is 5.51. The summed E-state index contributed by atoms with van der Waals surface area (Å²) in [7, 11) is 0. The topological polar surface area (TPSA) is 74.6 Å². The molecule has 0 aromatic carbocycles. The van der Waals surface area contributed by atoms with Gasteiger partial charge in [-0.3, -0.25) is 9.59 Å². The molecule has 0 radical (unpaired) electrons. The van der Waals surface area contributed by atoms with Gasteiger partial charge in [0.25, 0.3) is 0 Å². The number of rotatable bonds is 3. The number of aliphatic carboxylic acids is 2. The number of hydrogen-bond donors (Lipinski definition) is 2. The highest BCUT2D eigenvalue weighted by Crippen LogP contribution is 2.51. The monoisotopic (exact) mass is 268 g/mol. The molecule has 4 heteroatoms. The zero-order valence-corrected chi connectivity index (χ0v) is 11.7. The first-order chi connectivity index (χ1) is 8.95. The average Bonchev–Trinajstić information content (AvgIpc) is 2.37. The van der Waals surface area contributed by atoms with Gasteiger partial charge in [-0.1, -0.05) is 20.3 Å². The van der Waals surface area contributed by atoms with Gasteiger partial charge >= 0.3 is 11.9 Å². The molecule has 19 heavy (non-hydrogen) atoms. The lowest BCUT2D eigenvalue weighted by Crippen LogP contribution is -2.46. The van der Waals surface area contributed by atoms with Gasteiger partial charge in [-0.15, -0.1) is 0 Å². The molecule has 4 nitrogen and oxygen atoms in total. The standard InChI is InChI=1S/C15H24O4/c1-3-10-8(2)6-13(15(18)19)12-7-9(14(16)17)4-5-11(10)12/h8-13H,3-7H2,1-2H3,(H,16,17)(H,18,19). The molecular formula is C15H24O4. The molecule has 108 valence electrons. The first-order valence-electron chi connectivity index (χ1n) is 7.41. The van der Waals surface area contributed by atoms with Crippen LogP contribution in [0.25, 0.3) is 0 Å². The first-order valence-corrected chi connectivity index (χ1v) is 7.41. The van der Waals surface area contributed by atoms with Crippen molar-refractivity contribution in [2.75, 3.05) is 0 Å². The number of carbonyl (C=O) groups is 2. The molecule has 0 aliphatic heterocycles. The average molecular weight is 268 g/mol. The molecule has 2 rings (SSSR count). The van der Waals surface area contributed by atoms with Crippen molar-refractivity contribution in [2.24, 2.45) is 35.5 Å². The van der Waals surface area contributed by atoms with E-state index in [2.05, 4.69) is 13.8 Å². The fourth-order valence-electron chi connectivity index (χ4n) is 4.61. The van der Waals surface area contributed by atoms with Crippen LogP contribution in [0.4, 0.5) is 0 Å². The molecule has 2 saturated carbocycles. The molecule has 0 aromatic rings. The van der Waals surface area contributed by atoms with Crippen LogP contribution in [0.5, 0.6) is 0 Å². The third-order valence-corrected chi connectivity index (χ3v) is 5.52. The Balaban J connectivity index is 2.22. The summed E-state index contributed by atoms with van der Waals surface area (Å²) in [6, 6.07) is 0. The van der Waals surface area contributed by atoms with Crippen molar-refractivity contribution in [3.05, 3.63) is 0 Å². The molecule has 2 aliphatic rings. The second-order valence-electron chi connectivity index (χ2n) is 6.41. The number of carboxylic acid groups (broad SMARTS) is 2. The minimum absolute atomic E-state index is 0.0634. The van der Waals surface area contributed by atoms with E-state index in [1.165, 1.54) is 0 Å². The summed E-state index contributed by atoms with van der Waals surface area (Å²) in [5.74, 6) is -0.696. The Labute approximate surface area is 114 Å². The van der Waals surface area contributed by atoms with Gasteiger partial charge in [0.1, 0.15) is 0 Å². The molecule has 0 spiro atoms. The van der Waals surface area contributed by atoms with E-state index in [-0.39, 0.29) is 17.8 Å². The summed E-state index contributed by atoms with van der Waals surface area (Å²) in [5.41, 5.74) is 0. The second-order valence-corrected chi connectivity index (χ2v) is 6.41. The summed E-state index contributed by atoms with van der Waals surface area (Å²) in [4.78, 5) is 22.7. The third kappa shape index (κ3) is 2.63. The lowest BCUT2D eigenvalue weighted by Gasteiger charge is -2.48. The fourth-order valence-corrected chi connectivity index (χ4v) is 4.61. The summed E-state index contributed by atoms with van der Waals surface area (Å²) in [6.45, 7) is 4.33. The maximum absolute atomic E-state index is 11.5. The minimum atomic E-state index is -0.755. The van der Waals surface area contributed by atoms with Gasteiger partial charge < -0.3 is 10.2 Å². The van der Waals surface area contributed by atoms with E-state index in [1.807, 2.05) is 0 Å². The van der Waals surface area contributed by atoms with Crippen molar-refractivity contribution >= 4 is 11.9 Å². The highest BCUT2D eigenvalue weighted by atomic mass is 16.4. The van der Waals surface area contributed by atoms with E-state index in [4.69, 9.17) is 0 Å². The zero-order chi connectivity index (χ0) is 14.2. The third-order valence-electron chi connectivity index (χ3n) is 5.52. The zero-order valence-electron chi connectivity index (χ0n) is 11.7. The molecule has 2 fully saturated rings. The quantitative estimate of drug-likeness (QED) is 0.825. The highest BCUT2D eigenvalue weighted by Gasteiger charge is 2.48. The molecule has 0 amide bonds. The lowest BCUT2D eigenvalue weighted by molar-refractivity contribution is -0.155. The maximum atomic E-state index is 11.5. The largest absolute Gasteiger partial charge is 0.481 e. The molecule has 6 atom stereocenters. The SMILES string of the molecule is CCC1C(C)CC(C(=O)O)C2CC(C(=O)O)CCC12. The summed E-state index contributed by atoms with van der Waals surface area (Å²) in [6.07, 6.45) is 3.94. The molecular weight excluding hydrogens is 244 g/mol. The van der Waals surface area contributed by atoms with Gasteiger partial charge in [0.2, 0.25) is 0 Å². The summed E-state index contributed by atoms with van der Waals surface area (Å²) < 4.78 is 0. The molecule has 0 bridgehead atoms. The van der Waals surface area contributed by atoms with Gasteiger partial charge in [0.15, 0.2) is 0 Å². The van der Waals surface area contributed by atoms with E-state index < -0.39 is 11.9 Å². The molecule has 0 aromatic heterocycles. The Morgan fingerprint density at radius 3 is 2.26 bits per heavy atom. The normalized spacial score (nSPS) is 42.4. The van der Waals surface area contributed by atoms with Crippen molar-refractivity contribution in [1.29, 1.82) is 0 Å². The van der Waals surface area contributed by atoms with Gasteiger partial charge in [-0.25, -0.2) is 0 Å². The Hall–Kier alpha value is -1.06. The van der Waals surface area contributed by atoms with Crippen LogP contribution in [-0.4, -0.2) is 22.2 Å². The van der Waals surface area contributed by atoms with Crippen LogP contribution in [0.1, 0.15) is 46.0 Å². The van der Waals surface area contributed by atoms with E-state index in [9.17, 15) is 19.8 Å². The Kier molecular flexibility index (Phi) is 4.16. The first kappa shape index (κ1) is 14.4. The van der Waals surface area contributed by atoms with Crippen LogP contribution in [-0.2, 0) is 9.59 Å². The molecule has 2 N–H and O–H groups in total. The van der Waals surface area contributed by atoms with Crippen molar-refractivity contribution < 1.29 is 19.8 Å². The smallest absolute Gasteiger partial charge is 0.306 e. The van der Waals surface area contributed by atoms with Crippen LogP contribution in [0.15, 0.2) is 0 Å². The van der Waals surface area contributed by atoms with Crippen LogP contribution < -0.4 is 0 Å². The van der Waals surface area contributed by atoms with Crippen LogP contribution in [0.2, 0.25) is 0 Å². The summed E-state index contributed by atoms with van der Waals surface area (Å²) in [5, 5.41) is 18.6. The van der Waals surface area contributed by atoms with Crippen LogP contribution in [0.3, 0.4) is 0 Å². The highest BCUT2D eigenvalue weighted by molar-refractivity contribution is 5.72. The molecule has 2 aliphatic carbocycles. The Morgan fingerprint density at radius 1 is 1.05 bits per heavy atom. The van der Waals surface area contributed by atoms with E-state index >= 15 is 0 Å². The van der Waals surface area contributed by atoms with Gasteiger partial charge in [-0.2, -0.15) is 0 Å². The van der Waals surface area contributed by atoms with E-state index in [0.717, 1.165) is 12.8 Å². The predicted molar refractivity (Wildman–Crippen MR) is 70.6 cm³/mol. The number of fused-ring (bicyclic) bond motifs is 1. The molecule has 6 unspecified atom stereocenters. The minimum Gasteiger partial charge on any atom is -0.481 e. The fraction of sp³-hybridized carbons (Fsp3) is 0.867. The number of carboxylic acids is 2. The van der Waals surface area contributed by atoms with Gasteiger partial charge in [-0.05, 0) is 49.4 Å². The van der Waals surface area contributed by atoms with E-state index in [0.29, 0.717) is 37.0 Å². The van der Waals surface area contributed by atoms with Gasteiger partial charge in [0, 0.05) is 0 Å². The van der Waals surface area contributed by atoms with Crippen molar-refractivity contribution in [3.8, 4) is 0 Å². The van der Waals surface area contributed by atoms with Crippen molar-refractivity contribution in [1.82, 2.24) is 0 Å². The predicted octanol–water partition coefficient (Wildman–Crippen LogP) is 2.87. The van der Waals surface area contributed by atoms with Crippen LogP contribution >= 0.6 is 0 Å². The van der Waals surface area contributed by atoms with E-state index in [1.54, 1.807) is 0 Å².